The number of alkyl halides is 7. The van der Waals surface area contributed by atoms with Crippen LogP contribution in [0, 0.1) is 6.92 Å². The van der Waals surface area contributed by atoms with Crippen LogP contribution in [-0.4, -0.2) is 43.9 Å². The number of ether oxygens (including phenoxy) is 1. The van der Waals surface area contributed by atoms with E-state index in [-0.39, 0.29) is 30.0 Å². The molecule has 0 radical (unpaired) electrons. The number of imidazole rings is 1. The van der Waals surface area contributed by atoms with E-state index in [4.69, 9.17) is 11.6 Å². The van der Waals surface area contributed by atoms with Crippen LogP contribution in [0.3, 0.4) is 0 Å². The molecule has 2 aromatic carbocycles. The van der Waals surface area contributed by atoms with Gasteiger partial charge in [0.1, 0.15) is 5.75 Å². The molecule has 10 nitrogen and oxygen atoms in total. The number of nitrogens with one attached hydrogen (secondary N) is 3. The Labute approximate surface area is 238 Å². The second-order valence-corrected chi connectivity index (χ2v) is 9.44. The van der Waals surface area contributed by atoms with Gasteiger partial charge in [0.05, 0.1) is 5.56 Å². The molecule has 0 spiro atoms. The van der Waals surface area contributed by atoms with Gasteiger partial charge in [0.15, 0.2) is 5.82 Å². The molecule has 0 fully saturated rings. The van der Waals surface area contributed by atoms with Gasteiger partial charge in [-0.2, -0.15) is 13.2 Å². The van der Waals surface area contributed by atoms with E-state index in [1.807, 2.05) is 0 Å². The van der Waals surface area contributed by atoms with Crippen molar-refractivity contribution in [3.63, 3.8) is 0 Å². The van der Waals surface area contributed by atoms with Gasteiger partial charge in [-0.1, -0.05) is 30.7 Å². The summed E-state index contributed by atoms with van der Waals surface area (Å²) < 4.78 is 81.1. The molecule has 0 bridgehead atoms. The number of anilines is 2. The average molecular weight is 622 g/mol. The Morgan fingerprint density at radius 1 is 1.02 bits per heavy atom. The van der Waals surface area contributed by atoms with Crippen LogP contribution in [0.2, 0.25) is 0 Å². The summed E-state index contributed by atoms with van der Waals surface area (Å²) in [5, 5.41) is 16.2. The molecule has 3 aromatic rings. The lowest BCUT2D eigenvalue weighted by Crippen LogP contribution is -2.50. The third kappa shape index (κ3) is 8.28. The largest absolute Gasteiger partial charge is 0.573 e. The number of carboxylic acid groups (broad SMARTS) is 1. The number of halogens is 7. The maximum absolute atomic E-state index is 13.0. The van der Waals surface area contributed by atoms with Crippen LogP contribution in [0.15, 0.2) is 48.7 Å². The number of carbonyl (C=O) groups excluding carboxylic acids is 2. The summed E-state index contributed by atoms with van der Waals surface area (Å²) in [7, 11) is 0. The molecule has 3 amide bonds. The van der Waals surface area contributed by atoms with Gasteiger partial charge in [-0.3, -0.25) is 10.1 Å². The summed E-state index contributed by atoms with van der Waals surface area (Å²) >= 11 is 5.99. The number of aryl methyl sites for hydroxylation is 1. The van der Waals surface area contributed by atoms with Crippen molar-refractivity contribution < 1.29 is 50.6 Å². The number of carbonyl (C=O) groups is 3. The summed E-state index contributed by atoms with van der Waals surface area (Å²) in [6.45, 7) is 2.59. The van der Waals surface area contributed by atoms with Crippen LogP contribution >= 0.6 is 11.6 Å². The van der Waals surface area contributed by atoms with Crippen molar-refractivity contribution in [2.75, 3.05) is 10.6 Å². The molecule has 0 aliphatic heterocycles. The first-order chi connectivity index (χ1) is 19.4. The van der Waals surface area contributed by atoms with Crippen molar-refractivity contribution in [2.24, 2.45) is 0 Å². The molecule has 1 unspecified atom stereocenters. The molecule has 0 aliphatic carbocycles. The molecule has 0 saturated heterocycles. The summed E-state index contributed by atoms with van der Waals surface area (Å²) in [5.74, 6) is -3.79. The molecule has 3 rings (SSSR count). The number of rotatable bonds is 9. The number of carboxylic acids is 1. The summed E-state index contributed by atoms with van der Waals surface area (Å²) in [4.78, 5) is 38.9. The van der Waals surface area contributed by atoms with E-state index in [0.29, 0.717) is 5.56 Å². The number of urea groups is 1. The van der Waals surface area contributed by atoms with E-state index in [1.165, 1.54) is 20.0 Å². The Bertz CT molecular complexity index is 1480. The second-order valence-electron chi connectivity index (χ2n) is 8.79. The standard InChI is InChI=1S/C25H22ClF6N5O5/c1-3-23(26,21(39)40)36-20(38)19-34-18(12-37(19)11-14-4-6-15(7-5-14)24(27,28)29)35-22(41)33-17-9-8-16(10-13(17)2)42-25(30,31)32/h4-10,12H,3,11H2,1-2H3,(H,36,38)(H,39,40)(H2,33,35,41). The van der Waals surface area contributed by atoms with E-state index in [0.717, 1.165) is 47.0 Å². The summed E-state index contributed by atoms with van der Waals surface area (Å²) in [6.07, 6.45) is -8.54. The first kappa shape index (κ1) is 32.0. The highest BCUT2D eigenvalue weighted by molar-refractivity contribution is 6.34. The molecule has 4 N–H and O–H groups in total. The minimum Gasteiger partial charge on any atom is -0.479 e. The SMILES string of the molecule is CCC(Cl)(NC(=O)c1nc(NC(=O)Nc2ccc(OC(F)(F)F)cc2C)cn1Cc1ccc(C(F)(F)F)cc1)C(=O)O. The number of benzene rings is 2. The van der Waals surface area contributed by atoms with Crippen molar-refractivity contribution in [1.29, 1.82) is 0 Å². The van der Waals surface area contributed by atoms with Crippen LogP contribution in [0.25, 0.3) is 0 Å². The van der Waals surface area contributed by atoms with Gasteiger partial charge < -0.3 is 25.0 Å². The number of aromatic nitrogens is 2. The van der Waals surface area contributed by atoms with Gasteiger partial charge in [0.2, 0.25) is 10.8 Å². The van der Waals surface area contributed by atoms with Gasteiger partial charge in [-0.15, -0.1) is 13.2 Å². The molecule has 1 atom stereocenters. The minimum atomic E-state index is -4.91. The van der Waals surface area contributed by atoms with E-state index in [2.05, 4.69) is 25.7 Å². The lowest BCUT2D eigenvalue weighted by molar-refractivity contribution is -0.274. The van der Waals surface area contributed by atoms with Crippen molar-refractivity contribution in [1.82, 2.24) is 14.9 Å². The fourth-order valence-corrected chi connectivity index (χ4v) is 3.63. The maximum Gasteiger partial charge on any atom is 0.573 e. The van der Waals surface area contributed by atoms with E-state index in [9.17, 15) is 45.8 Å². The van der Waals surface area contributed by atoms with Crippen LogP contribution in [0.4, 0.5) is 42.6 Å². The third-order valence-corrected chi connectivity index (χ3v) is 6.20. The van der Waals surface area contributed by atoms with E-state index >= 15 is 0 Å². The molecular weight excluding hydrogens is 600 g/mol. The minimum absolute atomic E-state index is 0.112. The topological polar surface area (TPSA) is 135 Å². The fourth-order valence-electron chi connectivity index (χ4n) is 3.55. The number of hydrogen-bond acceptors (Lipinski definition) is 5. The maximum atomic E-state index is 13.0. The fraction of sp³-hybridized carbons (Fsp3) is 0.280. The molecule has 0 saturated carbocycles. The lowest BCUT2D eigenvalue weighted by atomic mass is 10.1. The zero-order valence-corrected chi connectivity index (χ0v) is 22.4. The monoisotopic (exact) mass is 621 g/mol. The van der Waals surface area contributed by atoms with Crippen molar-refractivity contribution in [2.45, 2.75) is 44.3 Å². The average Bonchev–Trinajstić information content (AvgIpc) is 3.26. The van der Waals surface area contributed by atoms with Crippen molar-refractivity contribution in [3.05, 3.63) is 71.2 Å². The number of aliphatic carboxylic acids is 1. The smallest absolute Gasteiger partial charge is 0.479 e. The molecule has 1 aromatic heterocycles. The third-order valence-electron chi connectivity index (χ3n) is 5.67. The molecule has 0 aliphatic rings. The highest BCUT2D eigenvalue weighted by atomic mass is 35.5. The molecule has 226 valence electrons. The molecule has 1 heterocycles. The van der Waals surface area contributed by atoms with Crippen LogP contribution in [-0.2, 0) is 17.5 Å². The zero-order chi connectivity index (χ0) is 31.5. The van der Waals surface area contributed by atoms with Crippen LogP contribution in [0.1, 0.15) is 40.7 Å². The van der Waals surface area contributed by atoms with Crippen molar-refractivity contribution in [3.8, 4) is 5.75 Å². The van der Waals surface area contributed by atoms with Gasteiger partial charge in [-0.25, -0.2) is 14.6 Å². The zero-order valence-electron chi connectivity index (χ0n) is 21.7. The summed E-state index contributed by atoms with van der Waals surface area (Å²) in [5.41, 5.74) is -0.279. The quantitative estimate of drug-likeness (QED) is 0.132. The van der Waals surface area contributed by atoms with E-state index < -0.39 is 52.6 Å². The Balaban J connectivity index is 1.86. The Kier molecular flexibility index (Phi) is 9.29. The van der Waals surface area contributed by atoms with Gasteiger partial charge in [-0.05, 0) is 54.8 Å². The first-order valence-electron chi connectivity index (χ1n) is 11.8. The van der Waals surface area contributed by atoms with Crippen LogP contribution in [0.5, 0.6) is 5.75 Å². The predicted octanol–water partition coefficient (Wildman–Crippen LogP) is 5.96. The predicted molar refractivity (Wildman–Crippen MR) is 137 cm³/mol. The number of nitrogens with zero attached hydrogens (tertiary/aromatic N) is 2. The number of hydrogen-bond donors (Lipinski definition) is 4. The van der Waals surface area contributed by atoms with Crippen molar-refractivity contribution >= 4 is 41.0 Å². The second kappa shape index (κ2) is 12.2. The van der Waals surface area contributed by atoms with Gasteiger partial charge in [0, 0.05) is 18.4 Å². The molecule has 42 heavy (non-hydrogen) atoms. The van der Waals surface area contributed by atoms with Gasteiger partial charge >= 0.3 is 24.5 Å². The molecular formula is C25H22ClF6N5O5. The van der Waals surface area contributed by atoms with Crippen LogP contribution < -0.4 is 20.7 Å². The number of amides is 3. The van der Waals surface area contributed by atoms with Gasteiger partial charge in [0.25, 0.3) is 5.91 Å². The Morgan fingerprint density at radius 3 is 2.19 bits per heavy atom. The normalized spacial score (nSPS) is 13.2. The highest BCUT2D eigenvalue weighted by Gasteiger charge is 2.37. The first-order valence-corrected chi connectivity index (χ1v) is 12.2. The highest BCUT2D eigenvalue weighted by Crippen LogP contribution is 2.30. The Morgan fingerprint density at radius 2 is 1.67 bits per heavy atom. The molecule has 17 heteroatoms. The van der Waals surface area contributed by atoms with E-state index in [1.54, 1.807) is 0 Å². The lowest BCUT2D eigenvalue weighted by Gasteiger charge is -2.21. The summed E-state index contributed by atoms with van der Waals surface area (Å²) in [6, 6.07) is 6.25. The Hall–Kier alpha value is -4.47.